The van der Waals surface area contributed by atoms with Crippen molar-refractivity contribution in [1.29, 1.82) is 0 Å². The Labute approximate surface area is 101 Å². The highest BCUT2D eigenvalue weighted by molar-refractivity contribution is 6.13. The Morgan fingerprint density at radius 3 is 2.53 bits per heavy atom. The van der Waals surface area contributed by atoms with Gasteiger partial charge in [0.05, 0.1) is 5.41 Å². The molecule has 1 aromatic carbocycles. The summed E-state index contributed by atoms with van der Waals surface area (Å²) in [5, 5.41) is 2.45. The van der Waals surface area contributed by atoms with Crippen LogP contribution in [0.5, 0.6) is 0 Å². The van der Waals surface area contributed by atoms with E-state index in [9.17, 15) is 9.59 Å². The highest BCUT2D eigenvalue weighted by atomic mass is 16.2. The van der Waals surface area contributed by atoms with Crippen LogP contribution in [0.3, 0.4) is 0 Å². The van der Waals surface area contributed by atoms with Gasteiger partial charge in [0.1, 0.15) is 0 Å². The minimum Gasteiger partial charge on any atom is -0.292 e. The molecule has 0 aromatic heterocycles. The van der Waals surface area contributed by atoms with Gasteiger partial charge in [-0.3, -0.25) is 14.9 Å². The van der Waals surface area contributed by atoms with Crippen LogP contribution in [0.2, 0.25) is 0 Å². The predicted molar refractivity (Wildman–Crippen MR) is 65.7 cm³/mol. The van der Waals surface area contributed by atoms with E-state index in [1.807, 2.05) is 25.1 Å². The van der Waals surface area contributed by atoms with E-state index in [0.29, 0.717) is 11.5 Å². The lowest BCUT2D eigenvalue weighted by Gasteiger charge is -2.35. The summed E-state index contributed by atoms with van der Waals surface area (Å²) in [5.41, 5.74) is 0.872. The van der Waals surface area contributed by atoms with Crippen LogP contribution < -0.4 is 5.32 Å². The second-order valence-electron chi connectivity index (χ2n) is 5.26. The summed E-state index contributed by atoms with van der Waals surface area (Å²) in [4.78, 5) is 23.8. The minimum atomic E-state index is -0.599. The topological polar surface area (TPSA) is 46.2 Å². The lowest BCUT2D eigenvalue weighted by atomic mass is 9.71. The smallest absolute Gasteiger partial charge is 0.258 e. The van der Waals surface area contributed by atoms with Gasteiger partial charge in [-0.25, -0.2) is 0 Å². The summed E-state index contributed by atoms with van der Waals surface area (Å²) in [5.74, 6) is -0.0752. The van der Waals surface area contributed by atoms with Gasteiger partial charge in [-0.05, 0) is 30.9 Å². The van der Waals surface area contributed by atoms with Crippen molar-refractivity contribution in [2.24, 2.45) is 5.92 Å². The first-order chi connectivity index (χ1) is 7.95. The molecule has 1 aliphatic rings. The van der Waals surface area contributed by atoms with E-state index in [2.05, 4.69) is 19.2 Å². The van der Waals surface area contributed by atoms with Crippen molar-refractivity contribution in [2.45, 2.75) is 32.6 Å². The summed E-state index contributed by atoms with van der Waals surface area (Å²) < 4.78 is 0. The van der Waals surface area contributed by atoms with E-state index in [0.717, 1.165) is 12.0 Å². The van der Waals surface area contributed by atoms with Gasteiger partial charge >= 0.3 is 0 Å². The molecule has 2 amide bonds. The molecule has 1 unspecified atom stereocenters. The van der Waals surface area contributed by atoms with Gasteiger partial charge in [-0.15, -0.1) is 0 Å². The van der Waals surface area contributed by atoms with Crippen molar-refractivity contribution in [3.05, 3.63) is 35.4 Å². The van der Waals surface area contributed by atoms with Crippen molar-refractivity contribution in [1.82, 2.24) is 5.32 Å². The molecule has 1 aromatic rings. The van der Waals surface area contributed by atoms with Gasteiger partial charge in [0.2, 0.25) is 5.91 Å². The van der Waals surface area contributed by atoms with Crippen molar-refractivity contribution in [3.8, 4) is 0 Å². The standard InChI is InChI=1S/C14H17NO2/c1-9(2)8-14(3)11-7-5-4-6-10(11)12(16)15-13(14)17/h4-7,9H,8H2,1-3H3,(H,15,16,17). The fraction of sp³-hybridized carbons (Fsp3) is 0.429. The summed E-state index contributed by atoms with van der Waals surface area (Å²) in [7, 11) is 0. The predicted octanol–water partition coefficient (Wildman–Crippen LogP) is 2.26. The number of nitrogens with one attached hydrogen (secondary N) is 1. The number of carbonyl (C=O) groups is 2. The van der Waals surface area contributed by atoms with Crippen LogP contribution >= 0.6 is 0 Å². The molecule has 1 N–H and O–H groups in total. The van der Waals surface area contributed by atoms with Crippen molar-refractivity contribution >= 4 is 11.8 Å². The third-order valence-corrected chi connectivity index (χ3v) is 3.31. The highest BCUT2D eigenvalue weighted by Crippen LogP contribution is 2.36. The number of benzene rings is 1. The molecule has 90 valence electrons. The maximum Gasteiger partial charge on any atom is 0.258 e. The first kappa shape index (κ1) is 11.8. The largest absolute Gasteiger partial charge is 0.292 e. The molecule has 0 saturated carbocycles. The highest BCUT2D eigenvalue weighted by Gasteiger charge is 2.42. The first-order valence-corrected chi connectivity index (χ1v) is 5.90. The molecule has 2 rings (SSSR count). The molecule has 3 nitrogen and oxygen atoms in total. The van der Waals surface area contributed by atoms with E-state index in [1.54, 1.807) is 6.07 Å². The quantitative estimate of drug-likeness (QED) is 0.793. The fourth-order valence-electron chi connectivity index (χ4n) is 2.61. The fourth-order valence-corrected chi connectivity index (χ4v) is 2.61. The van der Waals surface area contributed by atoms with Crippen LogP contribution in [-0.4, -0.2) is 11.8 Å². The Balaban J connectivity index is 2.56. The van der Waals surface area contributed by atoms with Gasteiger partial charge in [-0.2, -0.15) is 0 Å². The minimum absolute atomic E-state index is 0.185. The Hall–Kier alpha value is -1.64. The van der Waals surface area contributed by atoms with Gasteiger partial charge < -0.3 is 0 Å². The number of fused-ring (bicyclic) bond motifs is 1. The number of carbonyl (C=O) groups excluding carboxylic acids is 2. The van der Waals surface area contributed by atoms with E-state index in [1.165, 1.54) is 0 Å². The maximum absolute atomic E-state index is 12.1. The van der Waals surface area contributed by atoms with Gasteiger partial charge in [0.15, 0.2) is 0 Å². The van der Waals surface area contributed by atoms with Crippen LogP contribution in [0, 0.1) is 5.92 Å². The summed E-state index contributed by atoms with van der Waals surface area (Å²) >= 11 is 0. The number of imide groups is 1. The molecule has 1 aliphatic heterocycles. The van der Waals surface area contributed by atoms with Crippen LogP contribution in [0.25, 0.3) is 0 Å². The summed E-state index contributed by atoms with van der Waals surface area (Å²) in [6.07, 6.45) is 0.739. The van der Waals surface area contributed by atoms with E-state index in [4.69, 9.17) is 0 Å². The SMILES string of the molecule is CC(C)CC1(C)C(=O)NC(=O)c2ccccc21. The third kappa shape index (κ3) is 1.86. The lowest BCUT2D eigenvalue weighted by Crippen LogP contribution is -2.51. The average molecular weight is 231 g/mol. The molecule has 1 atom stereocenters. The molecule has 17 heavy (non-hydrogen) atoms. The molecule has 1 heterocycles. The Kier molecular flexibility index (Phi) is 2.77. The molecule has 3 heteroatoms. The van der Waals surface area contributed by atoms with Gasteiger partial charge in [-0.1, -0.05) is 32.0 Å². The van der Waals surface area contributed by atoms with Crippen molar-refractivity contribution in [2.75, 3.05) is 0 Å². The molecule has 0 saturated heterocycles. The molecule has 0 spiro atoms. The van der Waals surface area contributed by atoms with Gasteiger partial charge in [0, 0.05) is 5.56 Å². The van der Waals surface area contributed by atoms with Crippen LogP contribution in [0.4, 0.5) is 0 Å². The Morgan fingerprint density at radius 1 is 1.24 bits per heavy atom. The molecular formula is C14H17NO2. The molecule has 0 bridgehead atoms. The second kappa shape index (κ2) is 3.99. The molecule has 0 aliphatic carbocycles. The third-order valence-electron chi connectivity index (χ3n) is 3.31. The van der Waals surface area contributed by atoms with E-state index < -0.39 is 5.41 Å². The Bertz CT molecular complexity index is 479. The number of hydrogen-bond donors (Lipinski definition) is 1. The first-order valence-electron chi connectivity index (χ1n) is 5.90. The zero-order chi connectivity index (χ0) is 12.6. The lowest BCUT2D eigenvalue weighted by molar-refractivity contribution is -0.126. The van der Waals surface area contributed by atoms with Crippen LogP contribution in [0.1, 0.15) is 43.1 Å². The van der Waals surface area contributed by atoms with Crippen LogP contribution in [0.15, 0.2) is 24.3 Å². The second-order valence-corrected chi connectivity index (χ2v) is 5.26. The summed E-state index contributed by atoms with van der Waals surface area (Å²) in [6.45, 7) is 6.07. The van der Waals surface area contributed by atoms with Crippen molar-refractivity contribution in [3.63, 3.8) is 0 Å². The van der Waals surface area contributed by atoms with E-state index >= 15 is 0 Å². The number of rotatable bonds is 2. The molecule has 0 radical (unpaired) electrons. The zero-order valence-electron chi connectivity index (χ0n) is 10.4. The zero-order valence-corrected chi connectivity index (χ0v) is 10.4. The van der Waals surface area contributed by atoms with Crippen LogP contribution in [-0.2, 0) is 10.2 Å². The van der Waals surface area contributed by atoms with Gasteiger partial charge in [0.25, 0.3) is 5.91 Å². The monoisotopic (exact) mass is 231 g/mol. The molecular weight excluding hydrogens is 214 g/mol. The maximum atomic E-state index is 12.1. The average Bonchev–Trinajstić information content (AvgIpc) is 2.26. The Morgan fingerprint density at radius 2 is 1.88 bits per heavy atom. The molecule has 0 fully saturated rings. The van der Waals surface area contributed by atoms with Crippen molar-refractivity contribution < 1.29 is 9.59 Å². The number of hydrogen-bond acceptors (Lipinski definition) is 2. The number of amides is 2. The summed E-state index contributed by atoms with van der Waals surface area (Å²) in [6, 6.07) is 7.36. The normalized spacial score (nSPS) is 23.5. The van der Waals surface area contributed by atoms with E-state index in [-0.39, 0.29) is 11.8 Å².